The topological polar surface area (TPSA) is 71.0 Å². The van der Waals surface area contributed by atoms with Crippen molar-refractivity contribution in [3.8, 4) is 11.4 Å². The first-order valence-electron chi connectivity index (χ1n) is 9.86. The number of rotatable bonds is 7. The molecule has 10 heteroatoms. The fraction of sp³-hybridized carbons (Fsp3) is 0.273. The summed E-state index contributed by atoms with van der Waals surface area (Å²) >= 11 is 0. The van der Waals surface area contributed by atoms with Crippen molar-refractivity contribution in [2.45, 2.75) is 26.1 Å². The number of hydrogen-bond donors (Lipinski definition) is 1. The molecular formula is C22H21F4N5O. The average molecular weight is 447 g/mol. The highest BCUT2D eigenvalue weighted by Gasteiger charge is 2.30. The summed E-state index contributed by atoms with van der Waals surface area (Å²) in [6.45, 7) is 4.11. The molecule has 1 amide bonds. The molecule has 1 N–H and O–H groups in total. The highest BCUT2D eigenvalue weighted by Crippen LogP contribution is 2.29. The van der Waals surface area contributed by atoms with E-state index in [1.165, 1.54) is 41.6 Å². The first kappa shape index (κ1) is 23.1. The van der Waals surface area contributed by atoms with E-state index < -0.39 is 23.5 Å². The van der Waals surface area contributed by atoms with Crippen molar-refractivity contribution < 1.29 is 22.4 Å². The molecule has 0 bridgehead atoms. The van der Waals surface area contributed by atoms with Crippen LogP contribution in [0.25, 0.3) is 11.4 Å². The van der Waals surface area contributed by atoms with Crippen LogP contribution < -0.4 is 5.32 Å². The van der Waals surface area contributed by atoms with Crippen LogP contribution in [0.5, 0.6) is 0 Å². The third-order valence-corrected chi connectivity index (χ3v) is 4.84. The lowest BCUT2D eigenvalue weighted by atomic mass is 10.0. The number of halogens is 4. The summed E-state index contributed by atoms with van der Waals surface area (Å²) in [4.78, 5) is 26.7. The molecule has 1 unspecified atom stereocenters. The molecule has 1 atom stereocenters. The summed E-state index contributed by atoms with van der Waals surface area (Å²) in [6, 6.07) is 7.57. The standard InChI is InChI=1S/C22H21F4N5O/c1-3-31(14(2)12-29-18-9-8-15(13-30-18)22(24,25)26)21(32)16-6-4-7-17(23)19(16)20-27-10-5-11-28-20/h4-11,13-14H,3,12H2,1-2H3,(H,29,30). The molecule has 3 aromatic rings. The van der Waals surface area contributed by atoms with Gasteiger partial charge in [-0.25, -0.2) is 19.3 Å². The number of aromatic nitrogens is 3. The first-order valence-corrected chi connectivity index (χ1v) is 9.86. The Morgan fingerprint density at radius 1 is 1.09 bits per heavy atom. The molecular weight excluding hydrogens is 426 g/mol. The molecule has 3 rings (SSSR count). The molecule has 0 aliphatic rings. The predicted octanol–water partition coefficient (Wildman–Crippen LogP) is 4.66. The van der Waals surface area contributed by atoms with Crippen LogP contribution in [0.1, 0.15) is 29.8 Å². The number of pyridine rings is 1. The van der Waals surface area contributed by atoms with Crippen molar-refractivity contribution in [1.29, 1.82) is 0 Å². The van der Waals surface area contributed by atoms with Crippen LogP contribution in [0.4, 0.5) is 23.4 Å². The second kappa shape index (κ2) is 9.71. The van der Waals surface area contributed by atoms with E-state index in [1.54, 1.807) is 19.9 Å². The van der Waals surface area contributed by atoms with E-state index in [9.17, 15) is 22.4 Å². The molecule has 2 heterocycles. The zero-order valence-electron chi connectivity index (χ0n) is 17.4. The second-order valence-electron chi connectivity index (χ2n) is 6.99. The maximum atomic E-state index is 14.6. The van der Waals surface area contributed by atoms with Gasteiger partial charge in [0.15, 0.2) is 5.82 Å². The van der Waals surface area contributed by atoms with Gasteiger partial charge >= 0.3 is 6.18 Å². The lowest BCUT2D eigenvalue weighted by Gasteiger charge is -2.29. The minimum absolute atomic E-state index is 0.0149. The van der Waals surface area contributed by atoms with Crippen molar-refractivity contribution in [2.24, 2.45) is 0 Å². The van der Waals surface area contributed by atoms with Gasteiger partial charge in [-0.15, -0.1) is 0 Å². The first-order chi connectivity index (χ1) is 15.2. The lowest BCUT2D eigenvalue weighted by Crippen LogP contribution is -2.42. The summed E-state index contributed by atoms with van der Waals surface area (Å²) in [5, 5.41) is 2.93. The number of nitrogens with zero attached hydrogens (tertiary/aromatic N) is 4. The van der Waals surface area contributed by atoms with Gasteiger partial charge in [0, 0.05) is 37.7 Å². The second-order valence-corrected chi connectivity index (χ2v) is 6.99. The number of hydrogen-bond acceptors (Lipinski definition) is 5. The summed E-state index contributed by atoms with van der Waals surface area (Å²) in [5.74, 6) is -0.677. The van der Waals surface area contributed by atoms with Crippen molar-refractivity contribution in [3.05, 3.63) is 71.9 Å². The van der Waals surface area contributed by atoms with E-state index >= 15 is 0 Å². The smallest absolute Gasteiger partial charge is 0.368 e. The summed E-state index contributed by atoms with van der Waals surface area (Å²) < 4.78 is 52.6. The van der Waals surface area contributed by atoms with Crippen LogP contribution in [0.2, 0.25) is 0 Å². The van der Waals surface area contributed by atoms with Gasteiger partial charge in [-0.2, -0.15) is 13.2 Å². The number of amides is 1. The molecule has 1 aromatic carbocycles. The average Bonchev–Trinajstić information content (AvgIpc) is 2.78. The van der Waals surface area contributed by atoms with Crippen LogP contribution in [0.3, 0.4) is 0 Å². The third kappa shape index (κ3) is 5.19. The number of alkyl halides is 3. The fourth-order valence-electron chi connectivity index (χ4n) is 3.20. The summed E-state index contributed by atoms with van der Waals surface area (Å²) in [6.07, 6.45) is -0.793. The highest BCUT2D eigenvalue weighted by molar-refractivity contribution is 6.00. The number of likely N-dealkylation sites (N-methyl/N-ethyl adjacent to an activating group) is 1. The maximum absolute atomic E-state index is 14.6. The number of anilines is 1. The quantitative estimate of drug-likeness (QED) is 0.534. The Morgan fingerprint density at radius 2 is 1.81 bits per heavy atom. The van der Waals surface area contributed by atoms with Crippen LogP contribution >= 0.6 is 0 Å². The molecule has 32 heavy (non-hydrogen) atoms. The minimum atomic E-state index is -4.46. The Labute approximate surface area is 182 Å². The van der Waals surface area contributed by atoms with Gasteiger partial charge < -0.3 is 10.2 Å². The van der Waals surface area contributed by atoms with Crippen LogP contribution in [-0.4, -0.2) is 44.9 Å². The van der Waals surface area contributed by atoms with Gasteiger partial charge in [-0.05, 0) is 44.2 Å². The monoisotopic (exact) mass is 447 g/mol. The fourth-order valence-corrected chi connectivity index (χ4v) is 3.20. The molecule has 0 aliphatic heterocycles. The maximum Gasteiger partial charge on any atom is 0.417 e. The van der Waals surface area contributed by atoms with E-state index in [-0.39, 0.29) is 35.4 Å². The summed E-state index contributed by atoms with van der Waals surface area (Å²) in [7, 11) is 0. The number of carbonyl (C=O) groups excluding carboxylic acids is 1. The van der Waals surface area contributed by atoms with Gasteiger partial charge in [0.05, 0.1) is 16.7 Å². The number of carbonyl (C=O) groups is 1. The van der Waals surface area contributed by atoms with E-state index in [0.29, 0.717) is 6.54 Å². The van der Waals surface area contributed by atoms with Gasteiger partial charge in [0.2, 0.25) is 0 Å². The largest absolute Gasteiger partial charge is 0.417 e. The van der Waals surface area contributed by atoms with Crippen LogP contribution in [0.15, 0.2) is 55.0 Å². The Bertz CT molecular complexity index is 1060. The molecule has 0 aliphatic carbocycles. The predicted molar refractivity (Wildman–Crippen MR) is 111 cm³/mol. The lowest BCUT2D eigenvalue weighted by molar-refractivity contribution is -0.137. The SMILES string of the molecule is CCN(C(=O)c1cccc(F)c1-c1ncccn1)C(C)CNc1ccc(C(F)(F)F)cn1. The van der Waals surface area contributed by atoms with Crippen molar-refractivity contribution in [2.75, 3.05) is 18.4 Å². The Kier molecular flexibility index (Phi) is 7.01. The Balaban J connectivity index is 1.77. The molecule has 0 fully saturated rings. The number of nitrogens with one attached hydrogen (secondary N) is 1. The molecule has 0 radical (unpaired) electrons. The molecule has 2 aromatic heterocycles. The van der Waals surface area contributed by atoms with E-state index in [0.717, 1.165) is 12.3 Å². The minimum Gasteiger partial charge on any atom is -0.368 e. The van der Waals surface area contributed by atoms with Gasteiger partial charge in [-0.3, -0.25) is 4.79 Å². The van der Waals surface area contributed by atoms with Gasteiger partial charge in [-0.1, -0.05) is 6.07 Å². The summed E-state index contributed by atoms with van der Waals surface area (Å²) in [5.41, 5.74) is -0.707. The highest BCUT2D eigenvalue weighted by atomic mass is 19.4. The van der Waals surface area contributed by atoms with Gasteiger partial charge in [0.1, 0.15) is 11.6 Å². The normalized spacial score (nSPS) is 12.3. The molecule has 0 spiro atoms. The van der Waals surface area contributed by atoms with Crippen molar-refractivity contribution in [1.82, 2.24) is 19.9 Å². The Hall–Kier alpha value is -3.56. The molecule has 6 nitrogen and oxygen atoms in total. The molecule has 0 saturated heterocycles. The van der Waals surface area contributed by atoms with Crippen LogP contribution in [-0.2, 0) is 6.18 Å². The van der Waals surface area contributed by atoms with Crippen molar-refractivity contribution in [3.63, 3.8) is 0 Å². The zero-order chi connectivity index (χ0) is 23.3. The van der Waals surface area contributed by atoms with Gasteiger partial charge in [0.25, 0.3) is 5.91 Å². The van der Waals surface area contributed by atoms with Crippen molar-refractivity contribution >= 4 is 11.7 Å². The van der Waals surface area contributed by atoms with Crippen LogP contribution in [0, 0.1) is 5.82 Å². The molecule has 168 valence electrons. The van der Waals surface area contributed by atoms with E-state index in [4.69, 9.17) is 0 Å². The third-order valence-electron chi connectivity index (χ3n) is 4.84. The van der Waals surface area contributed by atoms with E-state index in [1.807, 2.05) is 0 Å². The molecule has 0 saturated carbocycles. The Morgan fingerprint density at radius 3 is 2.41 bits per heavy atom. The number of benzene rings is 1. The van der Waals surface area contributed by atoms with E-state index in [2.05, 4.69) is 20.3 Å². The zero-order valence-corrected chi connectivity index (χ0v) is 17.4.